The molecule has 0 aliphatic carbocycles. The van der Waals surface area contributed by atoms with Gasteiger partial charge >= 0.3 is 0 Å². The van der Waals surface area contributed by atoms with Crippen molar-refractivity contribution in [2.45, 2.75) is 26.7 Å². The molecule has 0 aliphatic rings. The van der Waals surface area contributed by atoms with Crippen LogP contribution in [-0.2, 0) is 4.79 Å². The third-order valence-corrected chi connectivity index (χ3v) is 1.44. The van der Waals surface area contributed by atoms with Crippen molar-refractivity contribution >= 4 is 5.78 Å². The van der Waals surface area contributed by atoms with Crippen molar-refractivity contribution in [3.8, 4) is 0 Å². The third kappa shape index (κ3) is 3.91. The number of hydrogen-bond acceptors (Lipinski definition) is 1. The van der Waals surface area contributed by atoms with Crippen LogP contribution in [0, 0.1) is 0 Å². The number of carbonyl (C=O) groups excluding carboxylic acids is 1. The van der Waals surface area contributed by atoms with Crippen molar-refractivity contribution in [1.29, 1.82) is 0 Å². The van der Waals surface area contributed by atoms with Crippen LogP contribution in [0.3, 0.4) is 0 Å². The summed E-state index contributed by atoms with van der Waals surface area (Å²) in [6.45, 7) is 7.46. The Hall–Kier alpha value is -1.11. The number of hydrogen-bond donors (Lipinski definition) is 0. The Morgan fingerprint density at radius 1 is 1.50 bits per heavy atom. The molecule has 0 amide bonds. The minimum atomic E-state index is 0.190. The number of Topliss-reactive ketones (excluding diaryl/α,β-unsaturated/α-hetero) is 1. The van der Waals surface area contributed by atoms with Gasteiger partial charge in [-0.1, -0.05) is 37.8 Å². The fraction of sp³-hybridized carbons (Fsp3) is 0.364. The van der Waals surface area contributed by atoms with Crippen molar-refractivity contribution in [2.24, 2.45) is 0 Å². The molecule has 0 aromatic carbocycles. The van der Waals surface area contributed by atoms with Crippen LogP contribution in [0.1, 0.15) is 26.7 Å². The molecule has 0 aromatic heterocycles. The van der Waals surface area contributed by atoms with Gasteiger partial charge in [0.15, 0.2) is 5.78 Å². The van der Waals surface area contributed by atoms with Crippen LogP contribution in [-0.4, -0.2) is 5.78 Å². The highest BCUT2D eigenvalue weighted by Gasteiger charge is 2.02. The summed E-state index contributed by atoms with van der Waals surface area (Å²) in [4.78, 5) is 11.4. The van der Waals surface area contributed by atoms with E-state index >= 15 is 0 Å². The zero-order chi connectivity index (χ0) is 9.40. The minimum Gasteiger partial charge on any atom is -0.294 e. The highest BCUT2D eigenvalue weighted by Crippen LogP contribution is 2.04. The fourth-order valence-corrected chi connectivity index (χ4v) is 0.919. The van der Waals surface area contributed by atoms with Crippen molar-refractivity contribution in [3.05, 3.63) is 36.5 Å². The topological polar surface area (TPSA) is 17.1 Å². The fourth-order valence-electron chi connectivity index (χ4n) is 0.919. The normalized spacial score (nSPS) is 12.0. The first-order valence-corrected chi connectivity index (χ1v) is 4.24. The first-order chi connectivity index (χ1) is 5.76. The smallest absolute Gasteiger partial charge is 0.162 e. The Kier molecular flexibility index (Phi) is 5.98. The summed E-state index contributed by atoms with van der Waals surface area (Å²) in [6.07, 6.45) is 8.58. The van der Waals surface area contributed by atoms with Gasteiger partial charge in [-0.25, -0.2) is 0 Å². The van der Waals surface area contributed by atoms with Gasteiger partial charge in [0.05, 0.1) is 0 Å². The minimum absolute atomic E-state index is 0.190. The van der Waals surface area contributed by atoms with Crippen LogP contribution in [0.5, 0.6) is 0 Å². The molecule has 0 fully saturated rings. The number of ketones is 1. The van der Waals surface area contributed by atoms with Crippen LogP contribution < -0.4 is 0 Å². The molecule has 0 N–H and O–H groups in total. The van der Waals surface area contributed by atoms with Crippen LogP contribution in [0.4, 0.5) is 0 Å². The Morgan fingerprint density at radius 3 is 2.58 bits per heavy atom. The maximum Gasteiger partial charge on any atom is 0.162 e. The van der Waals surface area contributed by atoms with E-state index in [0.29, 0.717) is 6.42 Å². The van der Waals surface area contributed by atoms with Gasteiger partial charge in [-0.15, -0.1) is 0 Å². The van der Waals surface area contributed by atoms with E-state index in [1.54, 1.807) is 12.2 Å². The molecule has 66 valence electrons. The second kappa shape index (κ2) is 6.59. The lowest BCUT2D eigenvalue weighted by Gasteiger charge is -1.97. The summed E-state index contributed by atoms with van der Waals surface area (Å²) in [5, 5.41) is 0. The van der Waals surface area contributed by atoms with Crippen LogP contribution >= 0.6 is 0 Å². The Morgan fingerprint density at radius 2 is 2.17 bits per heavy atom. The number of carbonyl (C=O) groups is 1. The number of rotatable bonds is 5. The van der Waals surface area contributed by atoms with Crippen molar-refractivity contribution < 1.29 is 4.79 Å². The van der Waals surface area contributed by atoms with E-state index in [0.717, 1.165) is 12.0 Å². The first kappa shape index (κ1) is 10.9. The molecule has 0 radical (unpaired) electrons. The van der Waals surface area contributed by atoms with E-state index in [1.807, 2.05) is 26.0 Å². The summed E-state index contributed by atoms with van der Waals surface area (Å²) >= 11 is 0. The van der Waals surface area contributed by atoms with Gasteiger partial charge in [-0.2, -0.15) is 0 Å². The highest BCUT2D eigenvalue weighted by atomic mass is 16.1. The lowest BCUT2D eigenvalue weighted by atomic mass is 10.1. The third-order valence-electron chi connectivity index (χ3n) is 1.44. The van der Waals surface area contributed by atoms with E-state index in [1.165, 1.54) is 0 Å². The van der Waals surface area contributed by atoms with E-state index in [2.05, 4.69) is 6.58 Å². The molecule has 0 unspecified atom stereocenters. The lowest BCUT2D eigenvalue weighted by molar-refractivity contribution is -0.115. The van der Waals surface area contributed by atoms with Crippen LogP contribution in [0.25, 0.3) is 0 Å². The van der Waals surface area contributed by atoms with Gasteiger partial charge in [0.25, 0.3) is 0 Å². The molecular weight excluding hydrogens is 148 g/mol. The monoisotopic (exact) mass is 164 g/mol. The van der Waals surface area contributed by atoms with E-state index in [4.69, 9.17) is 0 Å². The van der Waals surface area contributed by atoms with Gasteiger partial charge in [-0.3, -0.25) is 4.79 Å². The average Bonchev–Trinajstić information content (AvgIpc) is 2.04. The highest BCUT2D eigenvalue weighted by molar-refractivity contribution is 5.98. The molecular formula is C11H16O. The molecule has 0 bridgehead atoms. The Bertz CT molecular complexity index is 209. The van der Waals surface area contributed by atoms with Gasteiger partial charge < -0.3 is 0 Å². The molecule has 0 heterocycles. The second-order valence-corrected chi connectivity index (χ2v) is 2.53. The summed E-state index contributed by atoms with van der Waals surface area (Å²) in [6, 6.07) is 0. The molecule has 0 spiro atoms. The van der Waals surface area contributed by atoms with Gasteiger partial charge in [0, 0.05) is 12.0 Å². The van der Waals surface area contributed by atoms with E-state index < -0.39 is 0 Å². The average molecular weight is 164 g/mol. The molecule has 1 heteroatoms. The zero-order valence-electron chi connectivity index (χ0n) is 7.84. The van der Waals surface area contributed by atoms with Crippen LogP contribution in [0.15, 0.2) is 36.5 Å². The predicted molar refractivity (Wildman–Crippen MR) is 53.0 cm³/mol. The summed E-state index contributed by atoms with van der Waals surface area (Å²) in [7, 11) is 0. The van der Waals surface area contributed by atoms with Gasteiger partial charge in [0.2, 0.25) is 0 Å². The summed E-state index contributed by atoms with van der Waals surface area (Å²) in [5.41, 5.74) is 0.745. The Balaban J connectivity index is 4.40. The molecule has 0 rings (SSSR count). The van der Waals surface area contributed by atoms with Crippen LogP contribution in [0.2, 0.25) is 0 Å². The molecule has 1 nitrogen and oxygen atoms in total. The SMILES string of the molecule is C=C/C=C(\C=C/C)C(=O)CCC. The van der Waals surface area contributed by atoms with E-state index in [-0.39, 0.29) is 5.78 Å². The summed E-state index contributed by atoms with van der Waals surface area (Å²) < 4.78 is 0. The quantitative estimate of drug-likeness (QED) is 0.451. The van der Waals surface area contributed by atoms with E-state index in [9.17, 15) is 4.79 Å². The summed E-state index contributed by atoms with van der Waals surface area (Å²) in [5.74, 6) is 0.190. The lowest BCUT2D eigenvalue weighted by Crippen LogP contribution is -1.98. The number of allylic oxidation sites excluding steroid dienone is 5. The predicted octanol–water partition coefficient (Wildman–Crippen LogP) is 3.04. The van der Waals surface area contributed by atoms with Gasteiger partial charge in [0.1, 0.15) is 0 Å². The molecule has 0 atom stereocenters. The zero-order valence-corrected chi connectivity index (χ0v) is 7.84. The van der Waals surface area contributed by atoms with Crippen molar-refractivity contribution in [1.82, 2.24) is 0 Å². The molecule has 0 aliphatic heterocycles. The maximum atomic E-state index is 11.4. The Labute approximate surface area is 74.5 Å². The van der Waals surface area contributed by atoms with Gasteiger partial charge in [-0.05, 0) is 13.3 Å². The molecule has 0 saturated heterocycles. The maximum absolute atomic E-state index is 11.4. The molecule has 12 heavy (non-hydrogen) atoms. The molecule has 0 saturated carbocycles. The van der Waals surface area contributed by atoms with Crippen molar-refractivity contribution in [3.63, 3.8) is 0 Å². The standard InChI is InChI=1S/C11H16O/c1-4-7-10(8-5-2)11(12)9-6-3/h4-5,7-8H,1,6,9H2,2-3H3/b8-5-,10-7+. The first-order valence-electron chi connectivity index (χ1n) is 4.24. The largest absolute Gasteiger partial charge is 0.294 e. The van der Waals surface area contributed by atoms with Crippen molar-refractivity contribution in [2.75, 3.05) is 0 Å². The molecule has 0 aromatic rings. The second-order valence-electron chi connectivity index (χ2n) is 2.53.